The lowest BCUT2D eigenvalue weighted by atomic mass is 10.2. The van der Waals surface area contributed by atoms with Gasteiger partial charge in [-0.2, -0.15) is 9.61 Å². The van der Waals surface area contributed by atoms with Crippen LogP contribution >= 0.6 is 11.3 Å². The zero-order chi connectivity index (χ0) is 13.2. The van der Waals surface area contributed by atoms with Crippen molar-refractivity contribution in [2.24, 2.45) is 0 Å². The van der Waals surface area contributed by atoms with Gasteiger partial charge in [0.1, 0.15) is 5.51 Å². The Bertz CT molecular complexity index is 626. The number of rotatable bonds is 3. The Kier molecular flexibility index (Phi) is 3.56. The van der Waals surface area contributed by atoms with Crippen LogP contribution in [0, 0.1) is 0 Å². The van der Waals surface area contributed by atoms with Crippen molar-refractivity contribution in [1.29, 1.82) is 0 Å². The van der Waals surface area contributed by atoms with Crippen LogP contribution in [-0.2, 0) is 11.3 Å². The summed E-state index contributed by atoms with van der Waals surface area (Å²) in [5, 5.41) is 13.0. The maximum Gasteiger partial charge on any atom is 0.275 e. The largest absolute Gasteiger partial charge is 0.394 e. The average molecular weight is 282 g/mol. The third-order valence-electron chi connectivity index (χ3n) is 3.05. The molecule has 0 radical (unpaired) electrons. The molecule has 102 valence electrons. The normalized spacial score (nSPS) is 21.0. The predicted octanol–water partition coefficient (Wildman–Crippen LogP) is -0.656. The van der Waals surface area contributed by atoms with Gasteiger partial charge < -0.3 is 9.84 Å². The topological polar surface area (TPSA) is 80.0 Å². The molecule has 0 spiro atoms. The molecule has 2 aromatic rings. The van der Waals surface area contributed by atoms with Gasteiger partial charge in [-0.15, -0.1) is 0 Å². The van der Waals surface area contributed by atoms with Crippen LogP contribution in [0.2, 0.25) is 0 Å². The number of aromatic nitrogens is 3. The molecule has 1 aliphatic rings. The van der Waals surface area contributed by atoms with Crippen LogP contribution in [0.1, 0.15) is 5.69 Å². The van der Waals surface area contributed by atoms with Gasteiger partial charge in [0, 0.05) is 25.7 Å². The minimum atomic E-state index is -0.159. The van der Waals surface area contributed by atoms with E-state index in [1.807, 2.05) is 0 Å². The van der Waals surface area contributed by atoms with Gasteiger partial charge in [0.05, 0.1) is 25.0 Å². The molecule has 1 saturated heterocycles. The van der Waals surface area contributed by atoms with E-state index < -0.39 is 0 Å². The van der Waals surface area contributed by atoms with Crippen molar-refractivity contribution in [2.75, 3.05) is 26.3 Å². The van der Waals surface area contributed by atoms with Crippen molar-refractivity contribution in [3.63, 3.8) is 0 Å². The van der Waals surface area contributed by atoms with E-state index in [0.29, 0.717) is 24.7 Å². The minimum Gasteiger partial charge on any atom is -0.394 e. The second-order valence-electron chi connectivity index (χ2n) is 4.43. The van der Waals surface area contributed by atoms with Crippen molar-refractivity contribution in [1.82, 2.24) is 19.5 Å². The maximum absolute atomic E-state index is 11.8. The van der Waals surface area contributed by atoms with E-state index >= 15 is 0 Å². The number of morpholine rings is 1. The average Bonchev–Trinajstić information content (AvgIpc) is 2.88. The highest BCUT2D eigenvalue weighted by atomic mass is 32.1. The number of nitrogens with zero attached hydrogens (tertiary/aromatic N) is 4. The van der Waals surface area contributed by atoms with Gasteiger partial charge in [0.25, 0.3) is 5.56 Å². The molecule has 0 saturated carbocycles. The molecule has 0 amide bonds. The first kappa shape index (κ1) is 12.7. The van der Waals surface area contributed by atoms with Gasteiger partial charge in [0.15, 0.2) is 0 Å². The summed E-state index contributed by atoms with van der Waals surface area (Å²) in [6.07, 6.45) is -0.151. The molecule has 1 atom stereocenters. The number of ether oxygens (including phenoxy) is 1. The standard InChI is InChI=1S/C11H14N4O3S/c16-6-9-5-14(1-2-18-9)4-8-3-10(17)15-11(13-8)19-7-12-15/h3,7,9,16H,1-2,4-6H2. The number of hydrogen-bond acceptors (Lipinski definition) is 7. The fourth-order valence-electron chi connectivity index (χ4n) is 2.15. The molecule has 0 aromatic carbocycles. The molecule has 1 unspecified atom stereocenters. The minimum absolute atomic E-state index is 0.0144. The molecule has 2 aromatic heterocycles. The molecule has 19 heavy (non-hydrogen) atoms. The summed E-state index contributed by atoms with van der Waals surface area (Å²) in [4.78, 5) is 19.0. The first-order valence-corrected chi connectivity index (χ1v) is 6.91. The van der Waals surface area contributed by atoms with Crippen LogP contribution in [0.25, 0.3) is 4.96 Å². The molecule has 0 aliphatic carbocycles. The lowest BCUT2D eigenvalue weighted by molar-refractivity contribution is -0.0553. The van der Waals surface area contributed by atoms with Gasteiger partial charge in [-0.3, -0.25) is 9.69 Å². The van der Waals surface area contributed by atoms with Crippen molar-refractivity contribution in [2.45, 2.75) is 12.6 Å². The zero-order valence-corrected chi connectivity index (χ0v) is 11.0. The summed E-state index contributed by atoms with van der Waals surface area (Å²) >= 11 is 1.34. The molecule has 0 bridgehead atoms. The number of fused-ring (bicyclic) bond motifs is 1. The molecule has 7 nitrogen and oxygen atoms in total. The van der Waals surface area contributed by atoms with E-state index in [-0.39, 0.29) is 18.3 Å². The quantitative estimate of drug-likeness (QED) is 0.805. The summed E-state index contributed by atoms with van der Waals surface area (Å²) in [6, 6.07) is 1.51. The number of aliphatic hydroxyl groups is 1. The van der Waals surface area contributed by atoms with E-state index in [4.69, 9.17) is 9.84 Å². The van der Waals surface area contributed by atoms with Gasteiger partial charge >= 0.3 is 0 Å². The second kappa shape index (κ2) is 5.33. The summed E-state index contributed by atoms with van der Waals surface area (Å²) in [7, 11) is 0. The Morgan fingerprint density at radius 1 is 1.58 bits per heavy atom. The lowest BCUT2D eigenvalue weighted by Crippen LogP contribution is -2.43. The highest BCUT2D eigenvalue weighted by molar-refractivity contribution is 7.14. The van der Waals surface area contributed by atoms with E-state index in [0.717, 1.165) is 12.2 Å². The first-order chi connectivity index (χ1) is 9.26. The van der Waals surface area contributed by atoms with Gasteiger partial charge in [-0.1, -0.05) is 11.3 Å². The molecule has 1 N–H and O–H groups in total. The lowest BCUT2D eigenvalue weighted by Gasteiger charge is -2.31. The number of hydrogen-bond donors (Lipinski definition) is 1. The fourth-order valence-corrected chi connectivity index (χ4v) is 2.79. The molecule has 3 rings (SSSR count). The predicted molar refractivity (Wildman–Crippen MR) is 69.2 cm³/mol. The monoisotopic (exact) mass is 282 g/mol. The Morgan fingerprint density at radius 3 is 3.32 bits per heavy atom. The highest BCUT2D eigenvalue weighted by Crippen LogP contribution is 2.10. The summed E-state index contributed by atoms with van der Waals surface area (Å²) in [5.41, 5.74) is 2.17. The Morgan fingerprint density at radius 2 is 2.47 bits per heavy atom. The first-order valence-electron chi connectivity index (χ1n) is 6.03. The summed E-state index contributed by atoms with van der Waals surface area (Å²) in [5.74, 6) is 0. The Balaban J connectivity index is 1.79. The van der Waals surface area contributed by atoms with Crippen molar-refractivity contribution in [3.8, 4) is 0 Å². The van der Waals surface area contributed by atoms with Gasteiger partial charge in [-0.05, 0) is 0 Å². The molecule has 3 heterocycles. The second-order valence-corrected chi connectivity index (χ2v) is 5.24. The Labute approximate surface area is 113 Å². The molecule has 8 heteroatoms. The van der Waals surface area contributed by atoms with Crippen LogP contribution in [0.15, 0.2) is 16.4 Å². The van der Waals surface area contributed by atoms with Crippen LogP contribution in [0.5, 0.6) is 0 Å². The molecular formula is C11H14N4O3S. The smallest absolute Gasteiger partial charge is 0.275 e. The fraction of sp³-hybridized carbons (Fsp3) is 0.545. The van der Waals surface area contributed by atoms with E-state index in [1.54, 1.807) is 5.51 Å². The molecule has 1 aliphatic heterocycles. The third kappa shape index (κ3) is 2.66. The molecule has 1 fully saturated rings. The Hall–Kier alpha value is -1.35. The SMILES string of the molecule is O=c1cc(CN2CCOC(CO)C2)nc2scnn12. The van der Waals surface area contributed by atoms with Gasteiger partial charge in [-0.25, -0.2) is 4.98 Å². The number of aliphatic hydroxyl groups excluding tert-OH is 1. The zero-order valence-electron chi connectivity index (χ0n) is 10.2. The van der Waals surface area contributed by atoms with Crippen molar-refractivity contribution >= 4 is 16.3 Å². The summed E-state index contributed by atoms with van der Waals surface area (Å²) < 4.78 is 6.69. The molecular weight excluding hydrogens is 268 g/mol. The van der Waals surface area contributed by atoms with Gasteiger partial charge in [0.2, 0.25) is 4.96 Å². The van der Waals surface area contributed by atoms with Crippen LogP contribution < -0.4 is 5.56 Å². The third-order valence-corrected chi connectivity index (χ3v) is 3.73. The van der Waals surface area contributed by atoms with Crippen LogP contribution in [-0.4, -0.2) is 57.0 Å². The van der Waals surface area contributed by atoms with E-state index in [2.05, 4.69) is 15.0 Å². The van der Waals surface area contributed by atoms with Crippen molar-refractivity contribution in [3.05, 3.63) is 27.6 Å². The maximum atomic E-state index is 11.8. The van der Waals surface area contributed by atoms with E-state index in [1.165, 1.54) is 21.9 Å². The van der Waals surface area contributed by atoms with Crippen molar-refractivity contribution < 1.29 is 9.84 Å². The summed E-state index contributed by atoms with van der Waals surface area (Å²) in [6.45, 7) is 2.62. The highest BCUT2D eigenvalue weighted by Gasteiger charge is 2.20. The van der Waals surface area contributed by atoms with E-state index in [9.17, 15) is 4.79 Å². The van der Waals surface area contributed by atoms with Crippen LogP contribution in [0.3, 0.4) is 0 Å². The van der Waals surface area contributed by atoms with Crippen LogP contribution in [0.4, 0.5) is 0 Å².